The lowest BCUT2D eigenvalue weighted by atomic mass is 10.2. The van der Waals surface area contributed by atoms with Gasteiger partial charge in [-0.05, 0) is 24.8 Å². The molecule has 0 radical (unpaired) electrons. The third-order valence-electron chi connectivity index (χ3n) is 3.17. The van der Waals surface area contributed by atoms with Crippen molar-refractivity contribution in [3.8, 4) is 0 Å². The van der Waals surface area contributed by atoms with Crippen LogP contribution in [-0.2, 0) is 6.54 Å². The molecule has 0 bridgehead atoms. The summed E-state index contributed by atoms with van der Waals surface area (Å²) >= 11 is 0. The van der Waals surface area contributed by atoms with E-state index in [4.69, 9.17) is 0 Å². The molecule has 0 saturated heterocycles. The number of nitrogens with one attached hydrogen (secondary N) is 1. The summed E-state index contributed by atoms with van der Waals surface area (Å²) in [7, 11) is 0. The molecule has 1 aromatic rings. The number of halogens is 2. The highest BCUT2D eigenvalue weighted by atomic mass is 19.2. The van der Waals surface area contributed by atoms with Gasteiger partial charge in [0, 0.05) is 18.2 Å². The zero-order valence-corrected chi connectivity index (χ0v) is 9.47. The molecule has 0 spiro atoms. The predicted molar refractivity (Wildman–Crippen MR) is 60.0 cm³/mol. The zero-order valence-electron chi connectivity index (χ0n) is 9.47. The molecule has 1 N–H and O–H groups in total. The van der Waals surface area contributed by atoms with E-state index < -0.39 is 11.6 Å². The highest BCUT2D eigenvalue weighted by molar-refractivity contribution is 5.19. The van der Waals surface area contributed by atoms with Gasteiger partial charge in [-0.15, -0.1) is 0 Å². The molecule has 88 valence electrons. The standard InChI is InChI=1S/C13H17F2N/c1-2-4-9-7-12(9)16-8-10-5-3-6-11(14)13(10)15/h3,5-6,9,12,16H,2,4,7-8H2,1H3. The largest absolute Gasteiger partial charge is 0.310 e. The first-order chi connectivity index (χ1) is 7.72. The second-order valence-electron chi connectivity index (χ2n) is 4.48. The van der Waals surface area contributed by atoms with Crippen molar-refractivity contribution in [1.29, 1.82) is 0 Å². The van der Waals surface area contributed by atoms with Crippen LogP contribution in [0.3, 0.4) is 0 Å². The van der Waals surface area contributed by atoms with Gasteiger partial charge in [0.25, 0.3) is 0 Å². The van der Waals surface area contributed by atoms with Gasteiger partial charge in [-0.1, -0.05) is 25.5 Å². The first kappa shape index (κ1) is 11.5. The number of hydrogen-bond donors (Lipinski definition) is 1. The van der Waals surface area contributed by atoms with E-state index in [9.17, 15) is 8.78 Å². The molecule has 0 heterocycles. The molecular weight excluding hydrogens is 208 g/mol. The van der Waals surface area contributed by atoms with Gasteiger partial charge in [-0.3, -0.25) is 0 Å². The Morgan fingerprint density at radius 3 is 2.94 bits per heavy atom. The fraction of sp³-hybridized carbons (Fsp3) is 0.538. The molecule has 3 heteroatoms. The lowest BCUT2D eigenvalue weighted by Crippen LogP contribution is -2.18. The summed E-state index contributed by atoms with van der Waals surface area (Å²) in [6.45, 7) is 2.59. The fourth-order valence-corrected chi connectivity index (χ4v) is 2.11. The number of rotatable bonds is 5. The van der Waals surface area contributed by atoms with E-state index in [-0.39, 0.29) is 0 Å². The van der Waals surface area contributed by atoms with Crippen molar-refractivity contribution in [3.63, 3.8) is 0 Å². The van der Waals surface area contributed by atoms with Crippen molar-refractivity contribution < 1.29 is 8.78 Å². The Bertz CT molecular complexity index is 365. The summed E-state index contributed by atoms with van der Waals surface area (Å²) in [5.41, 5.74) is 0.419. The van der Waals surface area contributed by atoms with Crippen LogP contribution in [0.1, 0.15) is 31.7 Å². The lowest BCUT2D eigenvalue weighted by molar-refractivity contribution is 0.490. The average molecular weight is 225 g/mol. The van der Waals surface area contributed by atoms with Crippen LogP contribution in [0.5, 0.6) is 0 Å². The van der Waals surface area contributed by atoms with Crippen LogP contribution < -0.4 is 5.32 Å². The van der Waals surface area contributed by atoms with Crippen LogP contribution >= 0.6 is 0 Å². The molecule has 1 fully saturated rings. The molecule has 16 heavy (non-hydrogen) atoms. The van der Waals surface area contributed by atoms with E-state index in [1.54, 1.807) is 12.1 Å². The monoisotopic (exact) mass is 225 g/mol. The van der Waals surface area contributed by atoms with Crippen LogP contribution in [-0.4, -0.2) is 6.04 Å². The van der Waals surface area contributed by atoms with Gasteiger partial charge in [0.15, 0.2) is 11.6 Å². The molecule has 2 atom stereocenters. The van der Waals surface area contributed by atoms with Gasteiger partial charge in [0.1, 0.15) is 0 Å². The Balaban J connectivity index is 1.84. The first-order valence-corrected chi connectivity index (χ1v) is 5.88. The minimum atomic E-state index is -0.764. The van der Waals surface area contributed by atoms with Gasteiger partial charge in [-0.25, -0.2) is 8.78 Å². The second kappa shape index (κ2) is 4.91. The zero-order chi connectivity index (χ0) is 11.5. The average Bonchev–Trinajstić information content (AvgIpc) is 3.00. The minimum absolute atomic E-state index is 0.419. The molecule has 0 aliphatic heterocycles. The molecule has 0 aromatic heterocycles. The van der Waals surface area contributed by atoms with Gasteiger partial charge < -0.3 is 5.32 Å². The Hall–Kier alpha value is -0.960. The molecule has 1 aliphatic carbocycles. The lowest BCUT2D eigenvalue weighted by Gasteiger charge is -2.05. The minimum Gasteiger partial charge on any atom is -0.310 e. The van der Waals surface area contributed by atoms with E-state index in [0.29, 0.717) is 18.2 Å². The van der Waals surface area contributed by atoms with Crippen molar-refractivity contribution >= 4 is 0 Å². The summed E-state index contributed by atoms with van der Waals surface area (Å²) in [6.07, 6.45) is 3.59. The molecule has 2 rings (SSSR count). The molecule has 2 unspecified atom stereocenters. The summed E-state index contributed by atoms with van der Waals surface area (Å²) in [5.74, 6) is -0.746. The SMILES string of the molecule is CCCC1CC1NCc1cccc(F)c1F. The quantitative estimate of drug-likeness (QED) is 0.811. The summed E-state index contributed by atoms with van der Waals surface area (Å²) < 4.78 is 26.2. The highest BCUT2D eigenvalue weighted by Crippen LogP contribution is 2.34. The van der Waals surface area contributed by atoms with Crippen molar-refractivity contribution in [3.05, 3.63) is 35.4 Å². The Morgan fingerprint density at radius 1 is 1.38 bits per heavy atom. The van der Waals surface area contributed by atoms with Crippen LogP contribution in [0, 0.1) is 17.6 Å². The molecule has 1 aliphatic rings. The van der Waals surface area contributed by atoms with E-state index in [1.165, 1.54) is 19.3 Å². The van der Waals surface area contributed by atoms with E-state index in [2.05, 4.69) is 12.2 Å². The van der Waals surface area contributed by atoms with Gasteiger partial charge in [-0.2, -0.15) is 0 Å². The van der Waals surface area contributed by atoms with Crippen molar-refractivity contribution in [2.75, 3.05) is 0 Å². The van der Waals surface area contributed by atoms with E-state index >= 15 is 0 Å². The predicted octanol–water partition coefficient (Wildman–Crippen LogP) is 3.24. The molecule has 0 amide bonds. The molecule has 1 aromatic carbocycles. The van der Waals surface area contributed by atoms with E-state index in [1.807, 2.05) is 0 Å². The van der Waals surface area contributed by atoms with E-state index in [0.717, 1.165) is 12.0 Å². The van der Waals surface area contributed by atoms with Gasteiger partial charge >= 0.3 is 0 Å². The topological polar surface area (TPSA) is 12.0 Å². The maximum Gasteiger partial charge on any atom is 0.163 e. The van der Waals surface area contributed by atoms with Gasteiger partial charge in [0.05, 0.1) is 0 Å². The van der Waals surface area contributed by atoms with Crippen molar-refractivity contribution in [2.24, 2.45) is 5.92 Å². The van der Waals surface area contributed by atoms with Gasteiger partial charge in [0.2, 0.25) is 0 Å². The second-order valence-corrected chi connectivity index (χ2v) is 4.48. The van der Waals surface area contributed by atoms with Crippen LogP contribution in [0.4, 0.5) is 8.78 Å². The Labute approximate surface area is 94.9 Å². The normalized spacial score (nSPS) is 23.4. The fourth-order valence-electron chi connectivity index (χ4n) is 2.11. The van der Waals surface area contributed by atoms with Crippen molar-refractivity contribution in [2.45, 2.75) is 38.8 Å². The summed E-state index contributed by atoms with van der Waals surface area (Å²) in [5, 5.41) is 3.27. The third-order valence-corrected chi connectivity index (χ3v) is 3.17. The number of benzene rings is 1. The maximum absolute atomic E-state index is 13.3. The highest BCUT2D eigenvalue weighted by Gasteiger charge is 2.35. The third kappa shape index (κ3) is 2.59. The Kier molecular flexibility index (Phi) is 3.54. The smallest absolute Gasteiger partial charge is 0.163 e. The summed E-state index contributed by atoms with van der Waals surface area (Å²) in [6, 6.07) is 4.83. The molecule has 1 nitrogen and oxygen atoms in total. The van der Waals surface area contributed by atoms with Crippen LogP contribution in [0.15, 0.2) is 18.2 Å². The van der Waals surface area contributed by atoms with Crippen molar-refractivity contribution in [1.82, 2.24) is 5.32 Å². The molecular formula is C13H17F2N. The van der Waals surface area contributed by atoms with Crippen LogP contribution in [0.2, 0.25) is 0 Å². The summed E-state index contributed by atoms with van der Waals surface area (Å²) in [4.78, 5) is 0. The van der Waals surface area contributed by atoms with Crippen LogP contribution in [0.25, 0.3) is 0 Å². The Morgan fingerprint density at radius 2 is 2.19 bits per heavy atom. The number of hydrogen-bond acceptors (Lipinski definition) is 1. The molecule has 1 saturated carbocycles. The first-order valence-electron chi connectivity index (χ1n) is 5.88. The maximum atomic E-state index is 13.3.